The molecule has 1 aliphatic rings. The van der Waals surface area contributed by atoms with Gasteiger partial charge in [-0.2, -0.15) is 4.98 Å². The number of nitrogens with zero attached hydrogens (tertiary/aromatic N) is 1. The van der Waals surface area contributed by atoms with Crippen LogP contribution in [0, 0.1) is 0 Å². The van der Waals surface area contributed by atoms with Crippen LogP contribution < -0.4 is 5.56 Å². The van der Waals surface area contributed by atoms with Crippen molar-refractivity contribution in [2.45, 2.75) is 24.7 Å². The van der Waals surface area contributed by atoms with Gasteiger partial charge in [-0.05, 0) is 18.4 Å². The molecule has 1 aliphatic carbocycles. The number of aromatic nitrogens is 2. The van der Waals surface area contributed by atoms with E-state index < -0.39 is 0 Å². The van der Waals surface area contributed by atoms with Crippen molar-refractivity contribution in [3.63, 3.8) is 0 Å². The van der Waals surface area contributed by atoms with Gasteiger partial charge in [0.15, 0.2) is 0 Å². The Hall–Kier alpha value is -2.10. The van der Waals surface area contributed by atoms with Gasteiger partial charge in [-0.25, -0.2) is 0 Å². The lowest BCUT2D eigenvalue weighted by Gasteiger charge is -2.41. The maximum Gasteiger partial charge on any atom is 0.254 e. The standard InChI is InChI=1S/C14H14N2O2/c17-11-9-12(18)16-13(15-11)14(7-4-8-14)10-5-2-1-3-6-10/h1-3,5-6,9H,4,7-8H2,(H2,15,16,17,18). The van der Waals surface area contributed by atoms with Crippen molar-refractivity contribution in [3.8, 4) is 5.88 Å². The van der Waals surface area contributed by atoms with Gasteiger partial charge >= 0.3 is 0 Å². The predicted molar refractivity (Wildman–Crippen MR) is 67.6 cm³/mol. The van der Waals surface area contributed by atoms with Crippen molar-refractivity contribution in [1.29, 1.82) is 0 Å². The number of hydrogen-bond donors (Lipinski definition) is 2. The molecule has 1 saturated carbocycles. The summed E-state index contributed by atoms with van der Waals surface area (Å²) in [6.45, 7) is 0. The van der Waals surface area contributed by atoms with E-state index in [1.807, 2.05) is 30.3 Å². The van der Waals surface area contributed by atoms with Gasteiger partial charge in [0.1, 0.15) is 5.82 Å². The molecule has 0 saturated heterocycles. The second-order valence-corrected chi connectivity index (χ2v) is 4.75. The lowest BCUT2D eigenvalue weighted by atomic mass is 9.64. The van der Waals surface area contributed by atoms with Gasteiger partial charge in [0.2, 0.25) is 5.88 Å². The highest BCUT2D eigenvalue weighted by atomic mass is 16.3. The molecule has 0 spiro atoms. The van der Waals surface area contributed by atoms with Crippen molar-refractivity contribution in [2.75, 3.05) is 0 Å². The smallest absolute Gasteiger partial charge is 0.254 e. The zero-order chi connectivity index (χ0) is 12.6. The van der Waals surface area contributed by atoms with Gasteiger partial charge in [0, 0.05) is 0 Å². The van der Waals surface area contributed by atoms with Crippen molar-refractivity contribution >= 4 is 0 Å². The van der Waals surface area contributed by atoms with E-state index in [9.17, 15) is 9.90 Å². The lowest BCUT2D eigenvalue weighted by Crippen LogP contribution is -2.38. The molecule has 92 valence electrons. The molecule has 3 rings (SSSR count). The highest BCUT2D eigenvalue weighted by Gasteiger charge is 2.42. The topological polar surface area (TPSA) is 66.0 Å². The van der Waals surface area contributed by atoms with Crippen molar-refractivity contribution in [1.82, 2.24) is 9.97 Å². The molecule has 4 nitrogen and oxygen atoms in total. The first kappa shape index (κ1) is 11.0. The van der Waals surface area contributed by atoms with Crippen LogP contribution in [0.4, 0.5) is 0 Å². The molecule has 0 amide bonds. The molecule has 0 atom stereocenters. The zero-order valence-corrected chi connectivity index (χ0v) is 9.89. The van der Waals surface area contributed by atoms with Crippen LogP contribution in [-0.2, 0) is 5.41 Å². The number of rotatable bonds is 2. The van der Waals surface area contributed by atoms with E-state index in [0.717, 1.165) is 30.9 Å². The third kappa shape index (κ3) is 1.61. The molecule has 4 heteroatoms. The molecular formula is C14H14N2O2. The Balaban J connectivity index is 2.15. The SMILES string of the molecule is O=c1cc(O)nc(C2(c3ccccc3)CCC2)[nH]1. The number of hydrogen-bond acceptors (Lipinski definition) is 3. The Morgan fingerprint density at radius 2 is 1.94 bits per heavy atom. The van der Waals surface area contributed by atoms with E-state index >= 15 is 0 Å². The van der Waals surface area contributed by atoms with Gasteiger partial charge in [-0.1, -0.05) is 36.8 Å². The minimum Gasteiger partial charge on any atom is -0.493 e. The lowest BCUT2D eigenvalue weighted by molar-refractivity contribution is 0.280. The Morgan fingerprint density at radius 1 is 1.22 bits per heavy atom. The molecule has 1 heterocycles. The first-order valence-corrected chi connectivity index (χ1v) is 6.07. The first-order chi connectivity index (χ1) is 8.71. The van der Waals surface area contributed by atoms with Gasteiger partial charge < -0.3 is 10.1 Å². The third-order valence-electron chi connectivity index (χ3n) is 3.71. The Kier molecular flexibility index (Phi) is 2.44. The van der Waals surface area contributed by atoms with Crippen LogP contribution in [0.1, 0.15) is 30.7 Å². The monoisotopic (exact) mass is 242 g/mol. The minimum absolute atomic E-state index is 0.212. The summed E-state index contributed by atoms with van der Waals surface area (Å²) < 4.78 is 0. The normalized spacial score (nSPS) is 17.1. The summed E-state index contributed by atoms with van der Waals surface area (Å²) in [6, 6.07) is 11.1. The highest BCUT2D eigenvalue weighted by molar-refractivity contribution is 5.36. The minimum atomic E-state index is -0.306. The van der Waals surface area contributed by atoms with E-state index in [1.54, 1.807) is 0 Å². The average Bonchev–Trinajstić information content (AvgIpc) is 2.27. The van der Waals surface area contributed by atoms with Crippen LogP contribution in [0.3, 0.4) is 0 Å². The largest absolute Gasteiger partial charge is 0.493 e. The molecule has 0 unspecified atom stereocenters. The fourth-order valence-electron chi connectivity index (χ4n) is 2.62. The fraction of sp³-hybridized carbons (Fsp3) is 0.286. The maximum atomic E-state index is 11.5. The summed E-state index contributed by atoms with van der Waals surface area (Å²) in [4.78, 5) is 18.3. The van der Waals surface area contributed by atoms with Gasteiger partial charge in [-0.15, -0.1) is 0 Å². The molecule has 1 fully saturated rings. The van der Waals surface area contributed by atoms with E-state index in [-0.39, 0.29) is 16.9 Å². The molecule has 0 radical (unpaired) electrons. The van der Waals surface area contributed by atoms with E-state index in [2.05, 4.69) is 9.97 Å². The van der Waals surface area contributed by atoms with E-state index in [1.165, 1.54) is 0 Å². The first-order valence-electron chi connectivity index (χ1n) is 6.07. The number of nitrogens with one attached hydrogen (secondary N) is 1. The summed E-state index contributed by atoms with van der Waals surface area (Å²) in [6.07, 6.45) is 3.00. The summed E-state index contributed by atoms with van der Waals surface area (Å²) in [5.74, 6) is 0.362. The van der Waals surface area contributed by atoms with Crippen molar-refractivity contribution in [2.24, 2.45) is 0 Å². The van der Waals surface area contributed by atoms with Crippen LogP contribution in [0.5, 0.6) is 5.88 Å². The molecule has 0 bridgehead atoms. The average molecular weight is 242 g/mol. The summed E-state index contributed by atoms with van der Waals surface area (Å²) >= 11 is 0. The molecule has 2 N–H and O–H groups in total. The highest BCUT2D eigenvalue weighted by Crippen LogP contribution is 2.47. The van der Waals surface area contributed by atoms with Crippen LogP contribution >= 0.6 is 0 Å². The van der Waals surface area contributed by atoms with Crippen LogP contribution in [0.25, 0.3) is 0 Å². The van der Waals surface area contributed by atoms with Crippen LogP contribution in [0.2, 0.25) is 0 Å². The van der Waals surface area contributed by atoms with Crippen LogP contribution in [-0.4, -0.2) is 15.1 Å². The number of aromatic amines is 1. The molecule has 1 aromatic heterocycles. The maximum absolute atomic E-state index is 11.5. The fourth-order valence-corrected chi connectivity index (χ4v) is 2.62. The summed E-state index contributed by atoms with van der Waals surface area (Å²) in [5.41, 5.74) is 0.601. The second-order valence-electron chi connectivity index (χ2n) is 4.75. The number of H-pyrrole nitrogens is 1. The molecule has 18 heavy (non-hydrogen) atoms. The van der Waals surface area contributed by atoms with Gasteiger partial charge in [0.25, 0.3) is 5.56 Å². The Bertz CT molecular complexity index is 615. The Morgan fingerprint density at radius 3 is 2.50 bits per heavy atom. The molecule has 1 aromatic carbocycles. The van der Waals surface area contributed by atoms with E-state index in [4.69, 9.17) is 0 Å². The van der Waals surface area contributed by atoms with Crippen molar-refractivity contribution in [3.05, 3.63) is 58.1 Å². The number of aromatic hydroxyl groups is 1. The van der Waals surface area contributed by atoms with Crippen LogP contribution in [0.15, 0.2) is 41.2 Å². The second kappa shape index (κ2) is 3.98. The van der Waals surface area contributed by atoms with Gasteiger partial charge in [0.05, 0.1) is 11.5 Å². The zero-order valence-electron chi connectivity index (χ0n) is 9.89. The van der Waals surface area contributed by atoms with Gasteiger partial charge in [-0.3, -0.25) is 4.79 Å². The molecule has 2 aromatic rings. The summed E-state index contributed by atoms with van der Waals surface area (Å²) in [5, 5.41) is 9.49. The van der Waals surface area contributed by atoms with Crippen molar-refractivity contribution < 1.29 is 5.11 Å². The Labute approximate surface area is 104 Å². The molecular weight excluding hydrogens is 228 g/mol. The predicted octanol–water partition coefficient (Wildman–Crippen LogP) is 1.95. The third-order valence-corrected chi connectivity index (χ3v) is 3.71. The summed E-state index contributed by atoms with van der Waals surface area (Å²) in [7, 11) is 0. The molecule has 0 aliphatic heterocycles. The quantitative estimate of drug-likeness (QED) is 0.845. The van der Waals surface area contributed by atoms with E-state index in [0.29, 0.717) is 5.82 Å². The number of benzene rings is 1.